The Bertz CT molecular complexity index is 836. The second-order valence-corrected chi connectivity index (χ2v) is 5.91. The van der Waals surface area contributed by atoms with Crippen LogP contribution in [0.2, 0.25) is 5.02 Å². The molecule has 25 heavy (non-hydrogen) atoms. The zero-order chi connectivity index (χ0) is 17.8. The minimum Gasteiger partial charge on any atom is -0.483 e. The van der Waals surface area contributed by atoms with E-state index in [9.17, 15) is 4.79 Å². The molecule has 0 aromatic heterocycles. The number of amides is 1. The van der Waals surface area contributed by atoms with Crippen LogP contribution in [0, 0.1) is 13.8 Å². The van der Waals surface area contributed by atoms with Crippen LogP contribution in [0.3, 0.4) is 0 Å². The average Bonchev–Trinajstić information content (AvgIpc) is 3.03. The third kappa shape index (κ3) is 4.03. The molecular weight excluding hydrogens is 344 g/mol. The summed E-state index contributed by atoms with van der Waals surface area (Å²) in [5.41, 5.74) is 5.13. The number of hydrazone groups is 1. The molecule has 3 rings (SSSR count). The van der Waals surface area contributed by atoms with Gasteiger partial charge in [-0.25, -0.2) is 5.43 Å². The standard InChI is InChI=1S/C18H17ClN2O4/c1-11-4-3-5-15(12(11)2)23-9-18(22)21-20-8-13-6-16-17(7-14(13)19)25-10-24-16/h3-8H,9-10H2,1-2H3,(H,21,22). The van der Waals surface area contributed by atoms with Crippen LogP contribution in [0.25, 0.3) is 0 Å². The highest BCUT2D eigenvalue weighted by molar-refractivity contribution is 6.33. The Kier molecular flexibility index (Phi) is 5.09. The van der Waals surface area contributed by atoms with Gasteiger partial charge in [-0.3, -0.25) is 4.79 Å². The Balaban J connectivity index is 1.55. The largest absolute Gasteiger partial charge is 0.483 e. The van der Waals surface area contributed by atoms with Crippen LogP contribution < -0.4 is 19.6 Å². The van der Waals surface area contributed by atoms with Crippen LogP contribution in [0.15, 0.2) is 35.4 Å². The van der Waals surface area contributed by atoms with Crippen molar-refractivity contribution in [2.45, 2.75) is 13.8 Å². The molecule has 0 atom stereocenters. The fraction of sp³-hybridized carbons (Fsp3) is 0.222. The minimum absolute atomic E-state index is 0.128. The van der Waals surface area contributed by atoms with Crippen molar-refractivity contribution in [1.29, 1.82) is 0 Å². The number of nitrogens with one attached hydrogen (secondary N) is 1. The number of hydrogen-bond donors (Lipinski definition) is 1. The molecule has 2 aromatic rings. The summed E-state index contributed by atoms with van der Waals surface area (Å²) in [6.45, 7) is 3.97. The number of nitrogens with zero attached hydrogens (tertiary/aromatic N) is 1. The summed E-state index contributed by atoms with van der Waals surface area (Å²) in [4.78, 5) is 11.8. The maximum atomic E-state index is 11.8. The van der Waals surface area contributed by atoms with Crippen molar-refractivity contribution < 1.29 is 19.0 Å². The lowest BCUT2D eigenvalue weighted by Crippen LogP contribution is -2.24. The van der Waals surface area contributed by atoms with Crippen LogP contribution in [0.4, 0.5) is 0 Å². The summed E-state index contributed by atoms with van der Waals surface area (Å²) in [5, 5.41) is 4.35. The predicted molar refractivity (Wildman–Crippen MR) is 94.7 cm³/mol. The lowest BCUT2D eigenvalue weighted by molar-refractivity contribution is -0.123. The molecule has 0 bridgehead atoms. The van der Waals surface area contributed by atoms with Crippen molar-refractivity contribution in [3.05, 3.63) is 52.0 Å². The molecule has 0 radical (unpaired) electrons. The molecule has 1 aliphatic heterocycles. The highest BCUT2D eigenvalue weighted by Crippen LogP contribution is 2.36. The Hall–Kier alpha value is -2.73. The summed E-state index contributed by atoms with van der Waals surface area (Å²) in [6.07, 6.45) is 1.44. The highest BCUT2D eigenvalue weighted by Gasteiger charge is 2.15. The Morgan fingerprint density at radius 3 is 2.88 bits per heavy atom. The SMILES string of the molecule is Cc1cccc(OCC(=O)NN=Cc2cc3c(cc2Cl)OCO3)c1C. The first kappa shape index (κ1) is 17.1. The minimum atomic E-state index is -0.367. The number of ether oxygens (including phenoxy) is 3. The molecule has 1 N–H and O–H groups in total. The molecule has 2 aromatic carbocycles. The molecule has 1 aliphatic rings. The molecule has 0 spiro atoms. The Morgan fingerprint density at radius 1 is 1.32 bits per heavy atom. The molecule has 0 saturated carbocycles. The van der Waals surface area contributed by atoms with E-state index in [1.165, 1.54) is 6.21 Å². The Morgan fingerprint density at radius 2 is 2.08 bits per heavy atom. The smallest absolute Gasteiger partial charge is 0.277 e. The first-order valence-corrected chi connectivity index (χ1v) is 8.02. The molecular formula is C18H17ClN2O4. The number of carbonyl (C=O) groups excluding carboxylic acids is 1. The van der Waals surface area contributed by atoms with E-state index in [-0.39, 0.29) is 19.3 Å². The normalized spacial score (nSPS) is 12.4. The van der Waals surface area contributed by atoms with Crippen LogP contribution in [-0.4, -0.2) is 25.5 Å². The molecule has 1 heterocycles. The summed E-state index contributed by atoms with van der Waals surface area (Å²) in [7, 11) is 0. The number of hydrogen-bond acceptors (Lipinski definition) is 5. The fourth-order valence-electron chi connectivity index (χ4n) is 2.26. The predicted octanol–water partition coefficient (Wildman–Crippen LogP) is 3.21. The summed E-state index contributed by atoms with van der Waals surface area (Å²) >= 11 is 6.13. The molecule has 0 fully saturated rings. The van der Waals surface area contributed by atoms with Gasteiger partial charge < -0.3 is 14.2 Å². The summed E-state index contributed by atoms with van der Waals surface area (Å²) in [5.74, 6) is 1.50. The first-order chi connectivity index (χ1) is 12.0. The van der Waals surface area contributed by atoms with Crippen LogP contribution >= 0.6 is 11.6 Å². The monoisotopic (exact) mass is 360 g/mol. The molecule has 130 valence electrons. The van der Waals surface area contributed by atoms with Gasteiger partial charge in [-0.15, -0.1) is 0 Å². The lowest BCUT2D eigenvalue weighted by atomic mass is 10.1. The summed E-state index contributed by atoms with van der Waals surface area (Å²) in [6, 6.07) is 9.05. The van der Waals surface area contributed by atoms with E-state index >= 15 is 0 Å². The second-order valence-electron chi connectivity index (χ2n) is 5.51. The second kappa shape index (κ2) is 7.44. The molecule has 0 saturated heterocycles. The number of carbonyl (C=O) groups is 1. The van der Waals surface area contributed by atoms with Gasteiger partial charge in [0.25, 0.3) is 5.91 Å². The van der Waals surface area contributed by atoms with Gasteiger partial charge in [0.15, 0.2) is 18.1 Å². The van der Waals surface area contributed by atoms with E-state index < -0.39 is 0 Å². The van der Waals surface area contributed by atoms with Crippen molar-refractivity contribution in [2.24, 2.45) is 5.10 Å². The topological polar surface area (TPSA) is 69.2 Å². The van der Waals surface area contributed by atoms with Crippen molar-refractivity contribution in [2.75, 3.05) is 13.4 Å². The third-order valence-corrected chi connectivity index (χ3v) is 4.13. The molecule has 0 unspecified atom stereocenters. The lowest BCUT2D eigenvalue weighted by Gasteiger charge is -2.09. The maximum Gasteiger partial charge on any atom is 0.277 e. The number of rotatable bonds is 5. The average molecular weight is 361 g/mol. The Labute approximate surface area is 150 Å². The fourth-order valence-corrected chi connectivity index (χ4v) is 2.46. The quantitative estimate of drug-likeness (QED) is 0.656. The van der Waals surface area contributed by atoms with Crippen molar-refractivity contribution in [3.8, 4) is 17.2 Å². The number of aryl methyl sites for hydroxylation is 1. The van der Waals surface area contributed by atoms with E-state index in [0.717, 1.165) is 11.1 Å². The van der Waals surface area contributed by atoms with Crippen molar-refractivity contribution >= 4 is 23.7 Å². The van der Waals surface area contributed by atoms with Gasteiger partial charge in [-0.2, -0.15) is 5.10 Å². The molecule has 7 heteroatoms. The van der Waals surface area contributed by atoms with E-state index in [2.05, 4.69) is 10.5 Å². The van der Waals surface area contributed by atoms with Gasteiger partial charge in [0.05, 0.1) is 11.2 Å². The van der Waals surface area contributed by atoms with Gasteiger partial charge in [0.1, 0.15) is 5.75 Å². The number of halogens is 1. The van der Waals surface area contributed by atoms with Crippen LogP contribution in [-0.2, 0) is 4.79 Å². The van der Waals surface area contributed by atoms with Crippen molar-refractivity contribution in [3.63, 3.8) is 0 Å². The first-order valence-electron chi connectivity index (χ1n) is 7.64. The number of fused-ring (bicyclic) bond motifs is 1. The van der Waals surface area contributed by atoms with Gasteiger partial charge in [0, 0.05) is 11.6 Å². The van der Waals surface area contributed by atoms with Gasteiger partial charge in [0.2, 0.25) is 6.79 Å². The molecule has 1 amide bonds. The van der Waals surface area contributed by atoms with Crippen LogP contribution in [0.5, 0.6) is 17.2 Å². The van der Waals surface area contributed by atoms with Gasteiger partial charge >= 0.3 is 0 Å². The summed E-state index contributed by atoms with van der Waals surface area (Å²) < 4.78 is 16.0. The van der Waals surface area contributed by atoms with E-state index in [4.69, 9.17) is 25.8 Å². The number of benzene rings is 2. The molecule has 6 nitrogen and oxygen atoms in total. The van der Waals surface area contributed by atoms with Crippen LogP contribution in [0.1, 0.15) is 16.7 Å². The zero-order valence-corrected chi connectivity index (χ0v) is 14.6. The van der Waals surface area contributed by atoms with E-state index in [1.54, 1.807) is 12.1 Å². The molecule has 0 aliphatic carbocycles. The highest BCUT2D eigenvalue weighted by atomic mass is 35.5. The van der Waals surface area contributed by atoms with Gasteiger partial charge in [-0.05, 0) is 37.1 Å². The zero-order valence-electron chi connectivity index (χ0n) is 13.8. The third-order valence-electron chi connectivity index (χ3n) is 3.80. The van der Waals surface area contributed by atoms with E-state index in [0.29, 0.717) is 27.8 Å². The van der Waals surface area contributed by atoms with Gasteiger partial charge in [-0.1, -0.05) is 23.7 Å². The maximum absolute atomic E-state index is 11.8. The van der Waals surface area contributed by atoms with E-state index in [1.807, 2.05) is 32.0 Å². The van der Waals surface area contributed by atoms with Crippen molar-refractivity contribution in [1.82, 2.24) is 5.43 Å².